The van der Waals surface area contributed by atoms with Gasteiger partial charge in [-0.2, -0.15) is 0 Å². The van der Waals surface area contributed by atoms with Crippen molar-refractivity contribution < 1.29 is 14.4 Å². The number of carbonyl (C=O) groups is 3. The number of thioether (sulfide) groups is 1. The molecule has 1 atom stereocenters. The van der Waals surface area contributed by atoms with Gasteiger partial charge in [-0.25, -0.2) is 0 Å². The minimum absolute atomic E-state index is 0.0110. The molecular formula is C18H21N3O3S. The summed E-state index contributed by atoms with van der Waals surface area (Å²) >= 11 is 1.61. The molecule has 3 aliphatic heterocycles. The molecule has 1 aromatic carbocycles. The van der Waals surface area contributed by atoms with Crippen LogP contribution in [-0.2, 0) is 9.59 Å². The standard InChI is InChI=1S/C18H21N3O3S/c22-16-10-20(18(24)15-11-25-12-21(15)16)14-6-4-13(5-7-14)17(23)19-8-2-1-3-9-19/h4-7,15H,1-3,8-12H2. The highest BCUT2D eigenvalue weighted by atomic mass is 32.2. The first-order valence-electron chi connectivity index (χ1n) is 8.73. The van der Waals surface area contributed by atoms with E-state index in [4.69, 9.17) is 0 Å². The van der Waals surface area contributed by atoms with Crippen molar-refractivity contribution in [2.75, 3.05) is 36.2 Å². The summed E-state index contributed by atoms with van der Waals surface area (Å²) < 4.78 is 0. The molecule has 3 saturated heterocycles. The van der Waals surface area contributed by atoms with E-state index in [1.54, 1.807) is 45.8 Å². The van der Waals surface area contributed by atoms with Crippen molar-refractivity contribution in [3.8, 4) is 0 Å². The number of fused-ring (bicyclic) bond motifs is 1. The molecule has 0 N–H and O–H groups in total. The first-order valence-corrected chi connectivity index (χ1v) is 9.88. The van der Waals surface area contributed by atoms with Gasteiger partial charge in [0.05, 0.1) is 5.88 Å². The maximum absolute atomic E-state index is 12.7. The minimum atomic E-state index is -0.346. The molecule has 25 heavy (non-hydrogen) atoms. The van der Waals surface area contributed by atoms with Crippen molar-refractivity contribution in [1.82, 2.24) is 9.80 Å². The number of amides is 3. The zero-order chi connectivity index (χ0) is 17.4. The Hall–Kier alpha value is -2.02. The van der Waals surface area contributed by atoms with Gasteiger partial charge in [0.15, 0.2) is 0 Å². The smallest absolute Gasteiger partial charge is 0.253 e. The van der Waals surface area contributed by atoms with E-state index in [1.165, 1.54) is 6.42 Å². The topological polar surface area (TPSA) is 60.9 Å². The Kier molecular flexibility index (Phi) is 4.41. The molecule has 1 aromatic rings. The van der Waals surface area contributed by atoms with Crippen LogP contribution in [0.1, 0.15) is 29.6 Å². The van der Waals surface area contributed by atoms with Crippen LogP contribution < -0.4 is 4.90 Å². The Balaban J connectivity index is 1.51. The van der Waals surface area contributed by atoms with Gasteiger partial charge in [-0.3, -0.25) is 14.4 Å². The molecule has 0 spiro atoms. The van der Waals surface area contributed by atoms with Crippen molar-refractivity contribution >= 4 is 35.2 Å². The number of anilines is 1. The molecule has 3 fully saturated rings. The molecule has 0 aromatic heterocycles. The number of piperazine rings is 1. The van der Waals surface area contributed by atoms with Crippen LogP contribution in [0.15, 0.2) is 24.3 Å². The lowest BCUT2D eigenvalue weighted by molar-refractivity contribution is -0.140. The molecule has 4 rings (SSSR count). The van der Waals surface area contributed by atoms with E-state index in [2.05, 4.69) is 0 Å². The lowest BCUT2D eigenvalue weighted by Gasteiger charge is -2.35. The molecule has 1 unspecified atom stereocenters. The fourth-order valence-electron chi connectivity index (χ4n) is 3.66. The van der Waals surface area contributed by atoms with Gasteiger partial charge in [-0.15, -0.1) is 11.8 Å². The lowest BCUT2D eigenvalue weighted by atomic mass is 10.1. The van der Waals surface area contributed by atoms with Crippen LogP contribution in [0.2, 0.25) is 0 Å². The van der Waals surface area contributed by atoms with Crippen LogP contribution in [0.25, 0.3) is 0 Å². The van der Waals surface area contributed by atoms with Crippen LogP contribution in [-0.4, -0.2) is 64.8 Å². The lowest BCUT2D eigenvalue weighted by Crippen LogP contribution is -2.58. The van der Waals surface area contributed by atoms with E-state index in [-0.39, 0.29) is 30.3 Å². The summed E-state index contributed by atoms with van der Waals surface area (Å²) in [4.78, 5) is 42.5. The summed E-state index contributed by atoms with van der Waals surface area (Å²) in [6, 6.07) is 6.74. The second-order valence-electron chi connectivity index (χ2n) is 6.70. The first kappa shape index (κ1) is 16.4. The zero-order valence-corrected chi connectivity index (χ0v) is 14.8. The van der Waals surface area contributed by atoms with Gasteiger partial charge >= 0.3 is 0 Å². The minimum Gasteiger partial charge on any atom is -0.339 e. The molecule has 3 amide bonds. The average molecular weight is 359 g/mol. The Morgan fingerprint density at radius 1 is 1.04 bits per heavy atom. The van der Waals surface area contributed by atoms with Gasteiger partial charge < -0.3 is 14.7 Å². The fraction of sp³-hybridized carbons (Fsp3) is 0.500. The molecule has 3 heterocycles. The van der Waals surface area contributed by atoms with E-state index < -0.39 is 0 Å². The third kappa shape index (κ3) is 3.01. The largest absolute Gasteiger partial charge is 0.339 e. The van der Waals surface area contributed by atoms with E-state index >= 15 is 0 Å². The van der Waals surface area contributed by atoms with E-state index in [9.17, 15) is 14.4 Å². The van der Waals surface area contributed by atoms with Crippen molar-refractivity contribution in [3.63, 3.8) is 0 Å². The summed E-state index contributed by atoms with van der Waals surface area (Å²) in [6.45, 7) is 1.71. The van der Waals surface area contributed by atoms with Crippen LogP contribution >= 0.6 is 11.8 Å². The third-order valence-corrected chi connectivity index (χ3v) is 6.13. The molecule has 3 aliphatic rings. The molecule has 132 valence electrons. The molecule has 0 aliphatic carbocycles. The monoisotopic (exact) mass is 359 g/mol. The van der Waals surface area contributed by atoms with Gasteiger partial charge in [0.25, 0.3) is 11.8 Å². The summed E-state index contributed by atoms with van der Waals surface area (Å²) in [6.07, 6.45) is 3.30. The van der Waals surface area contributed by atoms with Gasteiger partial charge in [0, 0.05) is 30.1 Å². The number of hydrogen-bond acceptors (Lipinski definition) is 4. The number of rotatable bonds is 2. The molecule has 0 radical (unpaired) electrons. The summed E-state index contributed by atoms with van der Waals surface area (Å²) in [7, 11) is 0. The quantitative estimate of drug-likeness (QED) is 0.804. The molecular weight excluding hydrogens is 338 g/mol. The fourth-order valence-corrected chi connectivity index (χ4v) is 4.83. The first-order chi connectivity index (χ1) is 12.1. The Morgan fingerprint density at radius 2 is 1.76 bits per heavy atom. The maximum atomic E-state index is 12.7. The Morgan fingerprint density at radius 3 is 2.48 bits per heavy atom. The Labute approximate surface area is 151 Å². The Bertz CT molecular complexity index is 700. The number of nitrogens with zero attached hydrogens (tertiary/aromatic N) is 3. The predicted octanol–water partition coefficient (Wildman–Crippen LogP) is 1.56. The van der Waals surface area contributed by atoms with Crippen LogP contribution in [0, 0.1) is 0 Å². The van der Waals surface area contributed by atoms with Crippen LogP contribution in [0.4, 0.5) is 5.69 Å². The highest BCUT2D eigenvalue weighted by Gasteiger charge is 2.42. The predicted molar refractivity (Wildman–Crippen MR) is 96.5 cm³/mol. The van der Waals surface area contributed by atoms with Crippen molar-refractivity contribution in [1.29, 1.82) is 0 Å². The SMILES string of the molecule is O=C(c1ccc(N2CC(=O)N3CSCC3C2=O)cc1)N1CCCCC1. The normalized spacial score (nSPS) is 23.8. The number of carbonyl (C=O) groups excluding carboxylic acids is 3. The number of piperidine rings is 1. The second-order valence-corrected chi connectivity index (χ2v) is 7.70. The average Bonchev–Trinajstić information content (AvgIpc) is 3.16. The third-order valence-electron chi connectivity index (χ3n) is 5.12. The van der Waals surface area contributed by atoms with Gasteiger partial charge in [-0.1, -0.05) is 0 Å². The van der Waals surface area contributed by atoms with Gasteiger partial charge in [-0.05, 0) is 43.5 Å². The van der Waals surface area contributed by atoms with Crippen molar-refractivity contribution in [3.05, 3.63) is 29.8 Å². The number of benzene rings is 1. The molecule has 0 saturated carbocycles. The highest BCUT2D eigenvalue weighted by Crippen LogP contribution is 2.29. The second kappa shape index (κ2) is 6.71. The maximum Gasteiger partial charge on any atom is 0.253 e. The molecule has 0 bridgehead atoms. The highest BCUT2D eigenvalue weighted by molar-refractivity contribution is 7.99. The molecule has 7 heteroatoms. The van der Waals surface area contributed by atoms with Gasteiger partial charge in [0.2, 0.25) is 5.91 Å². The van der Waals surface area contributed by atoms with E-state index in [0.717, 1.165) is 25.9 Å². The zero-order valence-electron chi connectivity index (χ0n) is 14.0. The van der Waals surface area contributed by atoms with Crippen LogP contribution in [0.3, 0.4) is 0 Å². The number of likely N-dealkylation sites (tertiary alicyclic amines) is 1. The van der Waals surface area contributed by atoms with Crippen molar-refractivity contribution in [2.24, 2.45) is 0 Å². The summed E-state index contributed by atoms with van der Waals surface area (Å²) in [5.41, 5.74) is 1.32. The number of hydrogen-bond donors (Lipinski definition) is 0. The van der Waals surface area contributed by atoms with E-state index in [0.29, 0.717) is 22.9 Å². The molecule has 6 nitrogen and oxygen atoms in total. The van der Waals surface area contributed by atoms with Gasteiger partial charge in [0.1, 0.15) is 12.6 Å². The summed E-state index contributed by atoms with van der Waals surface area (Å²) in [5.74, 6) is 1.27. The summed E-state index contributed by atoms with van der Waals surface area (Å²) in [5, 5.41) is 0. The van der Waals surface area contributed by atoms with Crippen molar-refractivity contribution in [2.45, 2.75) is 25.3 Å². The van der Waals surface area contributed by atoms with E-state index in [1.807, 2.05) is 4.90 Å². The van der Waals surface area contributed by atoms with Crippen LogP contribution in [0.5, 0.6) is 0 Å².